The van der Waals surface area contributed by atoms with E-state index in [-0.39, 0.29) is 6.61 Å². The predicted molar refractivity (Wildman–Crippen MR) is 134 cm³/mol. The number of hydrogen-bond donors (Lipinski definition) is 1. The summed E-state index contributed by atoms with van der Waals surface area (Å²) in [6.07, 6.45) is 1.46. The Hall–Kier alpha value is -4.65. The van der Waals surface area contributed by atoms with Crippen LogP contribution < -0.4 is 19.6 Å². The molecule has 35 heavy (non-hydrogen) atoms. The number of benzene rings is 4. The molecule has 4 aromatic rings. The van der Waals surface area contributed by atoms with Crippen LogP contribution in [0.5, 0.6) is 17.2 Å². The quantitative estimate of drug-likeness (QED) is 0.172. The summed E-state index contributed by atoms with van der Waals surface area (Å²) in [7, 11) is 1.53. The van der Waals surface area contributed by atoms with E-state index in [9.17, 15) is 9.59 Å². The number of carbonyl (C=O) groups excluding carboxylic acids is 2. The van der Waals surface area contributed by atoms with Crippen LogP contribution >= 0.6 is 0 Å². The number of amides is 1. The van der Waals surface area contributed by atoms with Crippen LogP contribution in [0.3, 0.4) is 0 Å². The van der Waals surface area contributed by atoms with E-state index in [1.54, 1.807) is 42.5 Å². The summed E-state index contributed by atoms with van der Waals surface area (Å²) in [6, 6.07) is 25.4. The van der Waals surface area contributed by atoms with Crippen LogP contribution in [0.15, 0.2) is 90.0 Å². The molecule has 0 bridgehead atoms. The molecule has 0 unspecified atom stereocenters. The van der Waals surface area contributed by atoms with E-state index in [2.05, 4.69) is 10.5 Å². The first-order valence-corrected chi connectivity index (χ1v) is 10.9. The topological polar surface area (TPSA) is 86.2 Å². The first-order chi connectivity index (χ1) is 17.0. The molecule has 0 radical (unpaired) electrons. The van der Waals surface area contributed by atoms with Gasteiger partial charge in [0.25, 0.3) is 5.91 Å². The zero-order valence-electron chi connectivity index (χ0n) is 19.4. The SMILES string of the molecule is COc1ccccc1OCC(=O)N/N=C\c1c(OC(=O)c2cccc(C)c2)ccc2ccccc12. The molecule has 0 spiro atoms. The third kappa shape index (κ3) is 5.83. The van der Waals surface area contributed by atoms with Crippen molar-refractivity contribution in [3.05, 3.63) is 102 Å². The molecule has 0 atom stereocenters. The van der Waals surface area contributed by atoms with Gasteiger partial charge < -0.3 is 14.2 Å². The molecule has 0 aliphatic rings. The van der Waals surface area contributed by atoms with Gasteiger partial charge in [0.05, 0.1) is 18.9 Å². The van der Waals surface area contributed by atoms with E-state index in [1.165, 1.54) is 13.3 Å². The van der Waals surface area contributed by atoms with Crippen LogP contribution in [0.25, 0.3) is 10.8 Å². The lowest BCUT2D eigenvalue weighted by atomic mass is 10.0. The molecular formula is C28H24N2O5. The highest BCUT2D eigenvalue weighted by Crippen LogP contribution is 2.28. The summed E-state index contributed by atoms with van der Waals surface area (Å²) in [4.78, 5) is 25.0. The number of fused-ring (bicyclic) bond motifs is 1. The van der Waals surface area contributed by atoms with Crippen molar-refractivity contribution in [3.63, 3.8) is 0 Å². The minimum atomic E-state index is -0.479. The van der Waals surface area contributed by atoms with Gasteiger partial charge in [0, 0.05) is 5.56 Å². The van der Waals surface area contributed by atoms with Crippen molar-refractivity contribution >= 4 is 28.9 Å². The minimum Gasteiger partial charge on any atom is -0.493 e. The maximum atomic E-state index is 12.7. The van der Waals surface area contributed by atoms with E-state index in [0.717, 1.165) is 16.3 Å². The third-order valence-corrected chi connectivity index (χ3v) is 5.20. The Morgan fingerprint density at radius 2 is 1.66 bits per heavy atom. The largest absolute Gasteiger partial charge is 0.493 e. The number of hydrogen-bond acceptors (Lipinski definition) is 6. The maximum absolute atomic E-state index is 12.7. The summed E-state index contributed by atoms with van der Waals surface area (Å²) in [5.41, 5.74) is 4.42. The average Bonchev–Trinajstić information content (AvgIpc) is 2.88. The van der Waals surface area contributed by atoms with Crippen LogP contribution in [-0.4, -0.2) is 31.8 Å². The Balaban J connectivity index is 1.51. The molecule has 0 saturated carbocycles. The molecular weight excluding hydrogens is 444 g/mol. The zero-order valence-corrected chi connectivity index (χ0v) is 19.4. The van der Waals surface area contributed by atoms with Crippen molar-refractivity contribution in [3.8, 4) is 17.2 Å². The van der Waals surface area contributed by atoms with Crippen molar-refractivity contribution in [1.29, 1.82) is 0 Å². The lowest BCUT2D eigenvalue weighted by molar-refractivity contribution is -0.123. The second-order valence-corrected chi connectivity index (χ2v) is 7.69. The Labute approximate surface area is 202 Å². The van der Waals surface area contributed by atoms with Crippen molar-refractivity contribution in [2.24, 2.45) is 5.10 Å². The number of esters is 1. The normalized spacial score (nSPS) is 10.8. The molecule has 176 valence electrons. The Morgan fingerprint density at radius 1 is 0.886 bits per heavy atom. The van der Waals surface area contributed by atoms with E-state index in [4.69, 9.17) is 14.2 Å². The maximum Gasteiger partial charge on any atom is 0.343 e. The highest BCUT2D eigenvalue weighted by molar-refractivity contribution is 6.04. The molecule has 4 aromatic carbocycles. The molecule has 0 aliphatic heterocycles. The van der Waals surface area contributed by atoms with Gasteiger partial charge in [-0.1, -0.05) is 60.2 Å². The molecule has 7 heteroatoms. The molecule has 0 saturated heterocycles. The number of nitrogens with zero attached hydrogens (tertiary/aromatic N) is 1. The Bertz CT molecular complexity index is 1400. The summed E-state index contributed by atoms with van der Waals surface area (Å²) < 4.78 is 16.4. The van der Waals surface area contributed by atoms with Gasteiger partial charge in [0.2, 0.25) is 0 Å². The fraction of sp³-hybridized carbons (Fsp3) is 0.107. The Kier molecular flexibility index (Phi) is 7.37. The second kappa shape index (κ2) is 11.0. The lowest BCUT2D eigenvalue weighted by Crippen LogP contribution is -2.24. The van der Waals surface area contributed by atoms with Gasteiger partial charge in [0.15, 0.2) is 18.1 Å². The molecule has 7 nitrogen and oxygen atoms in total. The van der Waals surface area contributed by atoms with Crippen molar-refractivity contribution in [1.82, 2.24) is 5.43 Å². The minimum absolute atomic E-state index is 0.248. The number of hydrazone groups is 1. The Morgan fingerprint density at radius 3 is 2.46 bits per heavy atom. The number of carbonyl (C=O) groups is 2. The van der Waals surface area contributed by atoms with Gasteiger partial charge in [-0.2, -0.15) is 5.10 Å². The number of ether oxygens (including phenoxy) is 3. The highest BCUT2D eigenvalue weighted by Gasteiger charge is 2.14. The molecule has 4 rings (SSSR count). The first-order valence-electron chi connectivity index (χ1n) is 10.9. The fourth-order valence-electron chi connectivity index (χ4n) is 3.51. The van der Waals surface area contributed by atoms with Gasteiger partial charge in [-0.05, 0) is 48.0 Å². The average molecular weight is 469 g/mol. The molecule has 0 aliphatic carbocycles. The second-order valence-electron chi connectivity index (χ2n) is 7.69. The van der Waals surface area contributed by atoms with Crippen molar-refractivity contribution < 1.29 is 23.8 Å². The van der Waals surface area contributed by atoms with E-state index >= 15 is 0 Å². The van der Waals surface area contributed by atoms with Gasteiger partial charge in [-0.25, -0.2) is 10.2 Å². The first kappa shape index (κ1) is 23.5. The van der Waals surface area contributed by atoms with E-state index in [0.29, 0.717) is 28.4 Å². The fourth-order valence-corrected chi connectivity index (χ4v) is 3.51. The molecule has 1 amide bonds. The number of aryl methyl sites for hydroxylation is 1. The van der Waals surface area contributed by atoms with Crippen LogP contribution in [0, 0.1) is 6.92 Å². The van der Waals surface area contributed by atoms with Crippen molar-refractivity contribution in [2.75, 3.05) is 13.7 Å². The standard InChI is InChI=1S/C28H24N2O5/c1-19-8-7-10-21(16-19)28(32)35-24-15-14-20-9-3-4-11-22(20)23(24)17-29-30-27(31)18-34-26-13-6-5-12-25(26)33-2/h3-17H,18H2,1-2H3,(H,30,31)/b29-17-. The van der Waals surface area contributed by atoms with E-state index in [1.807, 2.05) is 49.4 Å². The number of nitrogens with one attached hydrogen (secondary N) is 1. The molecule has 0 heterocycles. The van der Waals surface area contributed by atoms with Crippen LogP contribution in [0.4, 0.5) is 0 Å². The van der Waals surface area contributed by atoms with Crippen LogP contribution in [-0.2, 0) is 4.79 Å². The zero-order chi connectivity index (χ0) is 24.6. The number of rotatable bonds is 8. The number of para-hydroxylation sites is 2. The summed E-state index contributed by atoms with van der Waals surface area (Å²) in [5, 5.41) is 5.84. The highest BCUT2D eigenvalue weighted by atomic mass is 16.5. The van der Waals surface area contributed by atoms with Gasteiger partial charge in [0.1, 0.15) is 5.75 Å². The smallest absolute Gasteiger partial charge is 0.343 e. The van der Waals surface area contributed by atoms with Gasteiger partial charge in [-0.15, -0.1) is 0 Å². The van der Waals surface area contributed by atoms with Gasteiger partial charge in [-0.3, -0.25) is 4.79 Å². The third-order valence-electron chi connectivity index (χ3n) is 5.20. The summed E-state index contributed by atoms with van der Waals surface area (Å²) in [6.45, 7) is 1.66. The van der Waals surface area contributed by atoms with Gasteiger partial charge >= 0.3 is 5.97 Å². The molecule has 1 N–H and O–H groups in total. The lowest BCUT2D eigenvalue weighted by Gasteiger charge is -2.11. The molecule has 0 fully saturated rings. The van der Waals surface area contributed by atoms with Crippen LogP contribution in [0.2, 0.25) is 0 Å². The van der Waals surface area contributed by atoms with Crippen LogP contribution in [0.1, 0.15) is 21.5 Å². The summed E-state index contributed by atoms with van der Waals surface area (Å²) in [5.74, 6) is 0.380. The van der Waals surface area contributed by atoms with E-state index < -0.39 is 11.9 Å². The monoisotopic (exact) mass is 468 g/mol. The molecule has 0 aromatic heterocycles. The summed E-state index contributed by atoms with van der Waals surface area (Å²) >= 11 is 0. The predicted octanol–water partition coefficient (Wildman–Crippen LogP) is 4.91. The number of methoxy groups -OCH3 is 1. The van der Waals surface area contributed by atoms with Crippen molar-refractivity contribution in [2.45, 2.75) is 6.92 Å².